The molecule has 0 aromatic carbocycles. The van der Waals surface area contributed by atoms with Gasteiger partial charge in [0.1, 0.15) is 0 Å². The summed E-state index contributed by atoms with van der Waals surface area (Å²) in [6.45, 7) is 7.65. The van der Waals surface area contributed by atoms with Gasteiger partial charge in [0.25, 0.3) is 11.5 Å². The highest BCUT2D eigenvalue weighted by molar-refractivity contribution is 7.11. The van der Waals surface area contributed by atoms with Gasteiger partial charge < -0.3 is 9.67 Å². The number of aromatic nitrogens is 3. The van der Waals surface area contributed by atoms with Crippen molar-refractivity contribution in [2.75, 3.05) is 0 Å². The number of carbonyl (C=O) groups excluding carboxylic acids is 1. The van der Waals surface area contributed by atoms with E-state index in [9.17, 15) is 14.4 Å². The van der Waals surface area contributed by atoms with Gasteiger partial charge in [-0.25, -0.2) is 4.68 Å². The van der Waals surface area contributed by atoms with Crippen molar-refractivity contribution in [3.63, 3.8) is 0 Å². The number of hydrogen-bond acceptors (Lipinski definition) is 5. The second-order valence-electron chi connectivity index (χ2n) is 8.56. The SMILES string of the molecule is Cc1ccc(CCc2cc(-c3cccn(CCC(=O)O)c3=O)nn2C(=O)C(C)(C)C)s1. The summed E-state index contributed by atoms with van der Waals surface area (Å²) in [4.78, 5) is 39.3. The predicted octanol–water partition coefficient (Wildman–Crippen LogP) is 4.03. The number of pyridine rings is 1. The van der Waals surface area contributed by atoms with E-state index >= 15 is 0 Å². The number of aryl methyl sites for hydroxylation is 4. The normalized spacial score (nSPS) is 11.6. The number of nitrogens with zero attached hydrogens (tertiary/aromatic N) is 3. The van der Waals surface area contributed by atoms with Gasteiger partial charge in [-0.1, -0.05) is 20.8 Å². The van der Waals surface area contributed by atoms with Crippen molar-refractivity contribution in [2.45, 2.75) is 53.5 Å². The molecule has 3 aromatic heterocycles. The van der Waals surface area contributed by atoms with Crippen LogP contribution in [0, 0.1) is 12.3 Å². The molecule has 0 unspecified atom stereocenters. The molecule has 0 aliphatic carbocycles. The van der Waals surface area contributed by atoms with Crippen LogP contribution in [0.4, 0.5) is 0 Å². The van der Waals surface area contributed by atoms with Crippen LogP contribution in [-0.2, 0) is 24.2 Å². The summed E-state index contributed by atoms with van der Waals surface area (Å²) < 4.78 is 2.78. The molecule has 3 rings (SSSR count). The van der Waals surface area contributed by atoms with E-state index in [1.165, 1.54) is 19.0 Å². The topological polar surface area (TPSA) is 94.2 Å². The van der Waals surface area contributed by atoms with Crippen molar-refractivity contribution in [3.8, 4) is 11.3 Å². The van der Waals surface area contributed by atoms with Crippen molar-refractivity contribution in [1.29, 1.82) is 0 Å². The van der Waals surface area contributed by atoms with E-state index < -0.39 is 11.4 Å². The van der Waals surface area contributed by atoms with Gasteiger partial charge in [-0.3, -0.25) is 14.4 Å². The van der Waals surface area contributed by atoms with Gasteiger partial charge in [-0.05, 0) is 50.1 Å². The fourth-order valence-corrected chi connectivity index (χ4v) is 4.11. The fourth-order valence-electron chi connectivity index (χ4n) is 3.22. The molecule has 0 fully saturated rings. The maximum Gasteiger partial charge on any atom is 0.305 e. The number of carboxylic acids is 1. The summed E-state index contributed by atoms with van der Waals surface area (Å²) in [5, 5.41) is 13.4. The zero-order valence-corrected chi connectivity index (χ0v) is 19.0. The lowest BCUT2D eigenvalue weighted by Gasteiger charge is -2.17. The highest BCUT2D eigenvalue weighted by atomic mass is 32.1. The molecule has 0 atom stereocenters. The Kier molecular flexibility index (Phi) is 6.59. The largest absolute Gasteiger partial charge is 0.481 e. The molecule has 0 saturated carbocycles. The first-order valence-corrected chi connectivity index (χ1v) is 11.0. The van der Waals surface area contributed by atoms with Crippen LogP contribution >= 0.6 is 11.3 Å². The van der Waals surface area contributed by atoms with Gasteiger partial charge >= 0.3 is 5.97 Å². The maximum atomic E-state index is 13.0. The molecule has 0 saturated heterocycles. The molecule has 0 aliphatic rings. The van der Waals surface area contributed by atoms with E-state index in [0.29, 0.717) is 17.7 Å². The maximum absolute atomic E-state index is 13.0. The van der Waals surface area contributed by atoms with E-state index in [2.05, 4.69) is 24.2 Å². The molecule has 3 aromatic rings. The van der Waals surface area contributed by atoms with Crippen LogP contribution in [-0.4, -0.2) is 31.3 Å². The van der Waals surface area contributed by atoms with Crippen molar-refractivity contribution >= 4 is 23.2 Å². The van der Waals surface area contributed by atoms with E-state index in [0.717, 1.165) is 12.1 Å². The molecule has 0 radical (unpaired) electrons. The van der Waals surface area contributed by atoms with Gasteiger partial charge in [0.2, 0.25) is 0 Å². The summed E-state index contributed by atoms with van der Waals surface area (Å²) in [5.41, 5.74) is 0.570. The Bertz CT molecular complexity index is 1160. The lowest BCUT2D eigenvalue weighted by atomic mass is 9.95. The number of thiophene rings is 1. The Morgan fingerprint density at radius 1 is 1.16 bits per heavy atom. The first kappa shape index (κ1) is 22.7. The van der Waals surface area contributed by atoms with Crippen LogP contribution in [0.25, 0.3) is 11.3 Å². The number of hydrogen-bond donors (Lipinski definition) is 1. The molecule has 0 aliphatic heterocycles. The Morgan fingerprint density at radius 3 is 2.52 bits per heavy atom. The summed E-state index contributed by atoms with van der Waals surface area (Å²) in [6.07, 6.45) is 2.81. The highest BCUT2D eigenvalue weighted by Crippen LogP contribution is 2.24. The average Bonchev–Trinajstić information content (AvgIpc) is 3.30. The molecule has 0 amide bonds. The van der Waals surface area contributed by atoms with Gasteiger partial charge in [0.05, 0.1) is 17.7 Å². The van der Waals surface area contributed by atoms with E-state index in [1.54, 1.807) is 35.7 Å². The molecular weight excluding hydrogens is 414 g/mol. The first-order valence-electron chi connectivity index (χ1n) is 10.2. The third-order valence-corrected chi connectivity index (χ3v) is 5.96. The fraction of sp³-hybridized carbons (Fsp3) is 0.391. The van der Waals surface area contributed by atoms with Crippen molar-refractivity contribution in [1.82, 2.24) is 14.3 Å². The molecule has 3 heterocycles. The van der Waals surface area contributed by atoms with Crippen LogP contribution in [0.5, 0.6) is 0 Å². The molecule has 7 nitrogen and oxygen atoms in total. The quantitative estimate of drug-likeness (QED) is 0.597. The van der Waals surface area contributed by atoms with Crippen molar-refractivity contribution in [2.24, 2.45) is 5.41 Å². The third-order valence-electron chi connectivity index (χ3n) is 4.90. The summed E-state index contributed by atoms with van der Waals surface area (Å²) in [7, 11) is 0. The zero-order valence-electron chi connectivity index (χ0n) is 18.2. The molecule has 0 spiro atoms. The second-order valence-corrected chi connectivity index (χ2v) is 9.94. The third kappa shape index (κ3) is 5.38. The van der Waals surface area contributed by atoms with Crippen molar-refractivity contribution < 1.29 is 14.7 Å². The Balaban J connectivity index is 1.98. The van der Waals surface area contributed by atoms with Crippen LogP contribution < -0.4 is 5.56 Å². The average molecular weight is 442 g/mol. The minimum absolute atomic E-state index is 0.0776. The van der Waals surface area contributed by atoms with Crippen LogP contribution in [0.15, 0.2) is 41.3 Å². The Hall–Kier alpha value is -3.00. The number of carbonyl (C=O) groups is 2. The summed E-state index contributed by atoms with van der Waals surface area (Å²) >= 11 is 1.73. The van der Waals surface area contributed by atoms with E-state index in [-0.39, 0.29) is 24.4 Å². The number of rotatable bonds is 7. The molecular formula is C23H27N3O4S. The second kappa shape index (κ2) is 9.01. The summed E-state index contributed by atoms with van der Waals surface area (Å²) in [6, 6.07) is 9.30. The standard InChI is InChI=1S/C23H27N3O4S/c1-15-7-9-17(31-15)10-8-16-14-19(24-26(16)22(30)23(2,3)4)18-6-5-12-25(21(18)29)13-11-20(27)28/h5-7,9,12,14H,8,10-11,13H2,1-4H3,(H,27,28). The first-order chi connectivity index (χ1) is 14.6. The molecule has 164 valence electrons. The van der Waals surface area contributed by atoms with Gasteiger partial charge in [-0.2, -0.15) is 5.10 Å². The monoisotopic (exact) mass is 441 g/mol. The molecule has 0 bridgehead atoms. The minimum Gasteiger partial charge on any atom is -0.481 e. The molecule has 1 N–H and O–H groups in total. The smallest absolute Gasteiger partial charge is 0.305 e. The zero-order chi connectivity index (χ0) is 22.8. The van der Waals surface area contributed by atoms with E-state index in [1.807, 2.05) is 20.8 Å². The molecule has 8 heteroatoms. The lowest BCUT2D eigenvalue weighted by molar-refractivity contribution is -0.137. The minimum atomic E-state index is -0.969. The number of aliphatic carboxylic acids is 1. The van der Waals surface area contributed by atoms with Crippen LogP contribution in [0.3, 0.4) is 0 Å². The molecule has 31 heavy (non-hydrogen) atoms. The van der Waals surface area contributed by atoms with Crippen LogP contribution in [0.2, 0.25) is 0 Å². The van der Waals surface area contributed by atoms with Gasteiger partial charge in [0.15, 0.2) is 0 Å². The summed E-state index contributed by atoms with van der Waals surface area (Å²) in [5.74, 6) is -1.11. The van der Waals surface area contributed by atoms with Gasteiger partial charge in [0, 0.05) is 33.6 Å². The number of carboxylic acid groups (broad SMARTS) is 1. The van der Waals surface area contributed by atoms with Gasteiger partial charge in [-0.15, -0.1) is 11.3 Å². The Morgan fingerprint density at radius 2 is 1.90 bits per heavy atom. The Labute approximate surface area is 185 Å². The highest BCUT2D eigenvalue weighted by Gasteiger charge is 2.27. The van der Waals surface area contributed by atoms with Crippen LogP contribution in [0.1, 0.15) is 47.4 Å². The van der Waals surface area contributed by atoms with E-state index in [4.69, 9.17) is 5.11 Å². The predicted molar refractivity (Wildman–Crippen MR) is 121 cm³/mol. The van der Waals surface area contributed by atoms with Crippen molar-refractivity contribution in [3.05, 3.63) is 62.3 Å². The lowest BCUT2D eigenvalue weighted by Crippen LogP contribution is -2.29.